The summed E-state index contributed by atoms with van der Waals surface area (Å²) in [7, 11) is -12.0. The second kappa shape index (κ2) is 43.2. The van der Waals surface area contributed by atoms with Crippen LogP contribution in [0.3, 0.4) is 0 Å². The van der Waals surface area contributed by atoms with Gasteiger partial charge in [0.15, 0.2) is 0 Å². The Hall–Kier alpha value is -8.57. The van der Waals surface area contributed by atoms with Gasteiger partial charge >= 0.3 is 0 Å². The van der Waals surface area contributed by atoms with Crippen LogP contribution in [-0.2, 0) is 72.5 Å². The number of hydrogen-bond acceptors (Lipinski definition) is 4. The van der Waals surface area contributed by atoms with Crippen molar-refractivity contribution in [3.05, 3.63) is 537 Å². The minimum atomic E-state index is -3.00. The molecule has 16 rings (SSSR count). The van der Waals surface area contributed by atoms with Gasteiger partial charge in [-0.3, -0.25) is 0 Å². The Bertz CT molecular complexity index is 4960. The van der Waals surface area contributed by atoms with Crippen LogP contribution < -0.4 is 17.7 Å². The third kappa shape index (κ3) is 23.9. The molecule has 4 nitrogen and oxygen atoms in total. The first kappa shape index (κ1) is 90.8. The maximum absolute atomic E-state index is 8.14. The topological polar surface area (TPSA) is 36.9 Å². The van der Waals surface area contributed by atoms with E-state index in [9.17, 15) is 0 Å². The number of hydrogen-bond donors (Lipinski definition) is 0. The average Bonchev–Trinajstić information content (AvgIpc) is 0.726. The highest BCUT2D eigenvalue weighted by Gasteiger charge is 2.45. The van der Waals surface area contributed by atoms with E-state index in [2.05, 4.69) is 540 Å². The van der Waals surface area contributed by atoms with Crippen molar-refractivity contribution in [2.24, 2.45) is 0 Å². The molecule has 630 valence electrons. The molecule has 0 aliphatic carbocycles. The molecule has 0 atom stereocenters. The summed E-state index contributed by atoms with van der Waals surface area (Å²) in [6, 6.07) is 159. The van der Waals surface area contributed by atoms with Gasteiger partial charge in [-0.15, -0.1) is 0 Å². The monoisotopic (exact) mass is 2220 g/mol. The lowest BCUT2D eigenvalue weighted by molar-refractivity contribution is 0.514. The highest BCUT2D eigenvalue weighted by molar-refractivity contribution is 9.12. The van der Waals surface area contributed by atoms with Crippen molar-refractivity contribution in [2.75, 3.05) is 0 Å². The van der Waals surface area contributed by atoms with Crippen molar-refractivity contribution < 1.29 is 17.7 Å². The van der Waals surface area contributed by atoms with Gasteiger partial charge in [-0.2, -0.15) is 0 Å². The maximum atomic E-state index is 8.14. The second-order valence-electron chi connectivity index (χ2n) is 33.3. The normalized spacial score (nSPS) is 11.9. The van der Waals surface area contributed by atoms with Crippen LogP contribution in [0.1, 0.15) is 101 Å². The van der Waals surface area contributed by atoms with Gasteiger partial charge < -0.3 is 17.7 Å². The number of rotatable bonds is 37. The maximum Gasteiger partial charge on any atom is 0.264 e. The Kier molecular flexibility index (Phi) is 31.1. The Morgan fingerprint density at radius 2 is 0.246 bits per heavy atom. The van der Waals surface area contributed by atoms with Crippen molar-refractivity contribution in [1.29, 1.82) is 0 Å². The summed E-state index contributed by atoms with van der Waals surface area (Å²) in [4.78, 5) is 0. The smallest absolute Gasteiger partial charge is 0.264 e. The summed E-state index contributed by atoms with van der Waals surface area (Å²) in [5.74, 6) is 2.05. The zero-order chi connectivity index (χ0) is 86.7. The molecule has 0 saturated heterocycles. The van der Waals surface area contributed by atoms with Gasteiger partial charge in [-0.1, -0.05) is 364 Å². The predicted molar refractivity (Wildman–Crippen MR) is 558 cm³/mol. The molecule has 0 bridgehead atoms. The molecular formula is C110H94Br8O4Si4. The van der Waals surface area contributed by atoms with Gasteiger partial charge in [-0.25, -0.2) is 0 Å². The lowest BCUT2D eigenvalue weighted by Crippen LogP contribution is -2.50. The van der Waals surface area contributed by atoms with E-state index in [1.807, 2.05) is 0 Å². The molecule has 0 aromatic heterocycles. The molecule has 0 unspecified atom stereocenters. The molecule has 16 aromatic rings. The van der Waals surface area contributed by atoms with Crippen molar-refractivity contribution in [2.45, 2.75) is 84.4 Å². The van der Waals surface area contributed by atoms with E-state index in [1.54, 1.807) is 0 Å². The van der Waals surface area contributed by atoms with Crippen molar-refractivity contribution in [3.8, 4) is 23.0 Å². The van der Waals surface area contributed by atoms with Gasteiger partial charge in [-0.05, 0) is 265 Å². The molecule has 16 heteroatoms. The Morgan fingerprint density at radius 3 is 0.341 bits per heavy atom. The summed E-state index contributed by atoms with van der Waals surface area (Å²) >= 11 is 35.2. The van der Waals surface area contributed by atoms with Crippen LogP contribution in [0, 0.1) is 0 Å². The highest BCUT2D eigenvalue weighted by atomic mass is 79.9. The largest absolute Gasteiger partial charge is 0.541 e. The van der Waals surface area contributed by atoms with Gasteiger partial charge in [0.1, 0.15) is 23.0 Å². The Labute approximate surface area is 814 Å². The molecule has 0 saturated carbocycles. The molecule has 0 fully saturated rings. The summed E-state index contributed by atoms with van der Waals surface area (Å²) in [5.41, 5.74) is 18.9. The average molecular weight is 2230 g/mol. The molecule has 16 aromatic carbocycles. The van der Waals surface area contributed by atoms with E-state index in [-0.39, 0.29) is 0 Å². The SMILES string of the molecule is Brc1cc(C(c2cc(Br)c(O[Si](Cc3ccccc3)(Cc3ccccc3)Cc3ccccc3)c(Br)c2)C(c2cc(Br)c(O[Si](Cc3ccccc3)(Cc3ccccc3)Cc3ccccc3)c(Br)c2)c2cc(Br)c(O[Si](Cc3ccccc3)(Cc3ccccc3)Cc3ccccc3)c(Br)c2)cc(Br)c1O[Si](Cc1ccccc1)(Cc1ccccc1)Cc1ccccc1. The van der Waals surface area contributed by atoms with E-state index in [4.69, 9.17) is 17.7 Å². The molecule has 0 radical (unpaired) electrons. The first-order valence-electron chi connectivity index (χ1n) is 42.7. The van der Waals surface area contributed by atoms with Crippen LogP contribution in [0.5, 0.6) is 23.0 Å². The third-order valence-electron chi connectivity index (χ3n) is 23.6. The first-order chi connectivity index (χ1) is 61.5. The molecule has 126 heavy (non-hydrogen) atoms. The van der Waals surface area contributed by atoms with Crippen LogP contribution in [0.25, 0.3) is 0 Å². The van der Waals surface area contributed by atoms with Crippen LogP contribution in [0.4, 0.5) is 0 Å². The summed E-state index contributed by atoms with van der Waals surface area (Å²) in [5, 5.41) is 0. The van der Waals surface area contributed by atoms with E-state index < -0.39 is 45.1 Å². The summed E-state index contributed by atoms with van der Waals surface area (Å²) in [6.07, 6.45) is 0. The van der Waals surface area contributed by atoms with Crippen LogP contribution in [-0.4, -0.2) is 33.3 Å². The van der Waals surface area contributed by atoms with Gasteiger partial charge in [0.2, 0.25) is 0 Å². The zero-order valence-electron chi connectivity index (χ0n) is 69.6. The predicted octanol–water partition coefficient (Wildman–Crippen LogP) is 31.4. The number of halogens is 8. The Balaban J connectivity index is 0.924. The van der Waals surface area contributed by atoms with Crippen LogP contribution >= 0.6 is 127 Å². The molecule has 0 heterocycles. The summed E-state index contributed by atoms with van der Waals surface area (Å²) in [6.45, 7) is 0. The van der Waals surface area contributed by atoms with E-state index in [0.717, 1.165) is 154 Å². The molecule has 0 amide bonds. The fourth-order valence-electron chi connectivity index (χ4n) is 18.2. The molecular weight excluding hydrogens is 2140 g/mol. The molecule has 0 N–H and O–H groups in total. The summed E-state index contributed by atoms with van der Waals surface area (Å²) < 4.78 is 39.1. The quantitative estimate of drug-likeness (QED) is 0.0364. The molecule has 0 aliphatic rings. The van der Waals surface area contributed by atoms with Crippen LogP contribution in [0.15, 0.2) is 448 Å². The lowest BCUT2D eigenvalue weighted by atomic mass is 9.73. The number of benzene rings is 16. The first-order valence-corrected chi connectivity index (χ1v) is 59.1. The standard InChI is InChI=1S/C110H94Br8O4Si4/c111-97-61-93(62-98(112)107(97)119-123(69-81-37-13-1-14-38-81,70-82-39-15-2-16-40-82)71-83-41-17-3-18-42-83)105(94-63-99(113)108(100(114)64-94)120-124(72-84-43-19-4-20-44-84,73-85-45-21-5-22-46-85)74-86-47-23-6-24-48-86)106(95-65-101(115)109(102(116)66-95)121-125(75-87-49-25-7-26-50-87,76-88-51-27-8-28-52-88)77-89-53-29-9-30-54-89)96-67-103(117)110(104(118)68-96)122-126(78-90-55-31-10-32-56-90,79-91-57-33-11-34-58-91)80-92-59-35-12-36-60-92/h1-68,105-106H,69-80H2. The van der Waals surface area contributed by atoms with Crippen molar-refractivity contribution in [1.82, 2.24) is 0 Å². The van der Waals surface area contributed by atoms with Crippen molar-refractivity contribution in [3.63, 3.8) is 0 Å². The minimum Gasteiger partial charge on any atom is -0.541 e. The van der Waals surface area contributed by atoms with Crippen molar-refractivity contribution >= 4 is 161 Å². The van der Waals surface area contributed by atoms with E-state index in [1.165, 1.54) is 66.8 Å². The second-order valence-corrected chi connectivity index (χ2v) is 54.7. The highest BCUT2D eigenvalue weighted by Crippen LogP contribution is 2.54. The van der Waals surface area contributed by atoms with Crippen LogP contribution in [0.2, 0.25) is 0 Å². The molecule has 0 aliphatic heterocycles. The zero-order valence-corrected chi connectivity index (χ0v) is 86.2. The fraction of sp³-hybridized carbons (Fsp3) is 0.127. The van der Waals surface area contributed by atoms with Gasteiger partial charge in [0, 0.05) is 84.4 Å². The molecule has 0 spiro atoms. The lowest BCUT2D eigenvalue weighted by Gasteiger charge is -2.36. The third-order valence-corrected chi connectivity index (χ3v) is 43.4. The minimum absolute atomic E-state index is 0.491. The van der Waals surface area contributed by atoms with E-state index >= 15 is 0 Å². The van der Waals surface area contributed by atoms with Gasteiger partial charge in [0.25, 0.3) is 33.3 Å². The van der Waals surface area contributed by atoms with E-state index in [0.29, 0.717) is 0 Å². The Morgan fingerprint density at radius 1 is 0.151 bits per heavy atom. The fourth-order valence-corrected chi connectivity index (χ4v) is 41.7. The van der Waals surface area contributed by atoms with Gasteiger partial charge in [0.05, 0.1) is 35.8 Å².